The van der Waals surface area contributed by atoms with E-state index in [1.165, 1.54) is 11.1 Å². The molecule has 2 aromatic rings. The molecule has 1 aliphatic heterocycles. The van der Waals surface area contributed by atoms with Gasteiger partial charge in [0.15, 0.2) is 0 Å². The van der Waals surface area contributed by atoms with Gasteiger partial charge in [0.25, 0.3) is 0 Å². The predicted octanol–water partition coefficient (Wildman–Crippen LogP) is 3.99. The fourth-order valence-corrected chi connectivity index (χ4v) is 3.18. The van der Waals surface area contributed by atoms with Crippen molar-refractivity contribution in [3.8, 4) is 0 Å². The molecular formula is C17H16Cl2N2O. The van der Waals surface area contributed by atoms with Crippen LogP contribution in [0.3, 0.4) is 0 Å². The van der Waals surface area contributed by atoms with Gasteiger partial charge in [-0.3, -0.25) is 9.69 Å². The van der Waals surface area contributed by atoms with Crippen LogP contribution in [0.5, 0.6) is 0 Å². The lowest BCUT2D eigenvalue weighted by Gasteiger charge is -2.28. The number of halogens is 2. The zero-order valence-corrected chi connectivity index (χ0v) is 13.5. The molecule has 1 amide bonds. The maximum Gasteiger partial charge on any atom is 0.238 e. The van der Waals surface area contributed by atoms with Crippen molar-refractivity contribution in [2.75, 3.05) is 18.4 Å². The SMILES string of the molecule is O=C(CN1CCc2ccccc2C1)Nc1c(Cl)cccc1Cl. The molecule has 0 fully saturated rings. The third-order valence-electron chi connectivity index (χ3n) is 3.80. The van der Waals surface area contributed by atoms with E-state index < -0.39 is 0 Å². The van der Waals surface area contributed by atoms with E-state index in [2.05, 4.69) is 28.4 Å². The van der Waals surface area contributed by atoms with Gasteiger partial charge in [0.1, 0.15) is 0 Å². The van der Waals surface area contributed by atoms with Gasteiger partial charge in [-0.2, -0.15) is 0 Å². The first-order chi connectivity index (χ1) is 10.6. The number of anilines is 1. The number of fused-ring (bicyclic) bond motifs is 1. The molecule has 3 nitrogen and oxygen atoms in total. The third-order valence-corrected chi connectivity index (χ3v) is 4.43. The Labute approximate surface area is 139 Å². The van der Waals surface area contributed by atoms with Crippen LogP contribution in [0.4, 0.5) is 5.69 Å². The largest absolute Gasteiger partial charge is 0.322 e. The van der Waals surface area contributed by atoms with Gasteiger partial charge in [0, 0.05) is 13.1 Å². The summed E-state index contributed by atoms with van der Waals surface area (Å²) in [7, 11) is 0. The number of carbonyl (C=O) groups excluding carboxylic acids is 1. The molecule has 0 unspecified atom stereocenters. The minimum atomic E-state index is -0.102. The van der Waals surface area contributed by atoms with Crippen LogP contribution in [0.25, 0.3) is 0 Å². The Bertz CT molecular complexity index is 683. The van der Waals surface area contributed by atoms with Crippen molar-refractivity contribution in [1.82, 2.24) is 4.90 Å². The first-order valence-electron chi connectivity index (χ1n) is 7.16. The molecule has 5 heteroatoms. The van der Waals surface area contributed by atoms with E-state index in [4.69, 9.17) is 23.2 Å². The van der Waals surface area contributed by atoms with Crippen LogP contribution >= 0.6 is 23.2 Å². The average Bonchev–Trinajstić information content (AvgIpc) is 2.51. The van der Waals surface area contributed by atoms with E-state index in [-0.39, 0.29) is 5.91 Å². The average molecular weight is 335 g/mol. The fourth-order valence-electron chi connectivity index (χ4n) is 2.69. The maximum atomic E-state index is 12.2. The first-order valence-corrected chi connectivity index (χ1v) is 7.92. The topological polar surface area (TPSA) is 32.3 Å². The van der Waals surface area contributed by atoms with Gasteiger partial charge in [-0.25, -0.2) is 0 Å². The molecule has 0 aromatic heterocycles. The van der Waals surface area contributed by atoms with E-state index in [1.807, 2.05) is 6.07 Å². The maximum absolute atomic E-state index is 12.2. The van der Waals surface area contributed by atoms with Gasteiger partial charge >= 0.3 is 0 Å². The highest BCUT2D eigenvalue weighted by Crippen LogP contribution is 2.29. The fraction of sp³-hybridized carbons (Fsp3) is 0.235. The standard InChI is InChI=1S/C17H16Cl2N2O/c18-14-6-3-7-15(19)17(14)20-16(22)11-21-9-8-12-4-1-2-5-13(12)10-21/h1-7H,8-11H2,(H,20,22). The summed E-state index contributed by atoms with van der Waals surface area (Å²) in [6, 6.07) is 13.5. The van der Waals surface area contributed by atoms with Crippen LogP contribution < -0.4 is 5.32 Å². The molecule has 0 spiro atoms. The lowest BCUT2D eigenvalue weighted by Crippen LogP contribution is -2.37. The van der Waals surface area contributed by atoms with E-state index in [1.54, 1.807) is 18.2 Å². The summed E-state index contributed by atoms with van der Waals surface area (Å²) in [5, 5.41) is 3.70. The van der Waals surface area contributed by atoms with Crippen molar-refractivity contribution in [1.29, 1.82) is 0 Å². The third kappa shape index (κ3) is 3.43. The number of carbonyl (C=O) groups is 1. The first kappa shape index (κ1) is 15.3. The highest BCUT2D eigenvalue weighted by atomic mass is 35.5. The van der Waals surface area contributed by atoms with Crippen LogP contribution in [0.2, 0.25) is 10.0 Å². The van der Waals surface area contributed by atoms with Crippen molar-refractivity contribution < 1.29 is 4.79 Å². The Morgan fingerprint density at radius 2 is 1.73 bits per heavy atom. The van der Waals surface area contributed by atoms with Crippen molar-refractivity contribution in [2.45, 2.75) is 13.0 Å². The van der Waals surface area contributed by atoms with Crippen LogP contribution in [-0.2, 0) is 17.8 Å². The summed E-state index contributed by atoms with van der Waals surface area (Å²) in [5.41, 5.74) is 3.14. The van der Waals surface area contributed by atoms with Gasteiger partial charge in [0.2, 0.25) is 5.91 Å². The molecule has 0 saturated carbocycles. The van der Waals surface area contributed by atoms with E-state index in [0.29, 0.717) is 22.3 Å². The van der Waals surface area contributed by atoms with E-state index in [9.17, 15) is 4.79 Å². The zero-order valence-electron chi connectivity index (χ0n) is 12.0. The van der Waals surface area contributed by atoms with Crippen molar-refractivity contribution in [2.24, 2.45) is 0 Å². The van der Waals surface area contributed by atoms with Crippen LogP contribution in [-0.4, -0.2) is 23.9 Å². The quantitative estimate of drug-likeness (QED) is 0.920. The molecular weight excluding hydrogens is 319 g/mol. The minimum Gasteiger partial charge on any atom is -0.322 e. The molecule has 0 aliphatic carbocycles. The predicted molar refractivity (Wildman–Crippen MR) is 90.5 cm³/mol. The summed E-state index contributed by atoms with van der Waals surface area (Å²) in [5.74, 6) is -0.102. The molecule has 1 aliphatic rings. The Hall–Kier alpha value is -1.55. The Balaban J connectivity index is 1.64. The Morgan fingerprint density at radius 1 is 1.05 bits per heavy atom. The van der Waals surface area contributed by atoms with E-state index >= 15 is 0 Å². The lowest BCUT2D eigenvalue weighted by molar-refractivity contribution is -0.117. The number of hydrogen-bond donors (Lipinski definition) is 1. The second-order valence-electron chi connectivity index (χ2n) is 5.37. The molecule has 0 radical (unpaired) electrons. The van der Waals surface area contributed by atoms with Gasteiger partial charge in [-0.15, -0.1) is 0 Å². The minimum absolute atomic E-state index is 0.102. The van der Waals surface area contributed by atoms with Gasteiger partial charge in [0.05, 0.1) is 22.3 Å². The number of nitrogens with zero attached hydrogens (tertiary/aromatic N) is 1. The summed E-state index contributed by atoms with van der Waals surface area (Å²) in [4.78, 5) is 14.4. The summed E-state index contributed by atoms with van der Waals surface area (Å²) < 4.78 is 0. The van der Waals surface area contributed by atoms with Crippen LogP contribution in [0.1, 0.15) is 11.1 Å². The monoisotopic (exact) mass is 334 g/mol. The number of benzene rings is 2. The molecule has 0 atom stereocenters. The lowest BCUT2D eigenvalue weighted by atomic mass is 10.00. The number of hydrogen-bond acceptors (Lipinski definition) is 2. The number of rotatable bonds is 3. The molecule has 114 valence electrons. The summed E-state index contributed by atoms with van der Waals surface area (Å²) >= 11 is 12.1. The molecule has 1 N–H and O–H groups in total. The normalized spacial score (nSPS) is 14.5. The van der Waals surface area contributed by atoms with Gasteiger partial charge in [-0.1, -0.05) is 53.5 Å². The molecule has 0 saturated heterocycles. The number of amides is 1. The highest BCUT2D eigenvalue weighted by Gasteiger charge is 2.19. The second kappa shape index (κ2) is 6.69. The molecule has 0 bridgehead atoms. The molecule has 3 rings (SSSR count). The smallest absolute Gasteiger partial charge is 0.238 e. The Morgan fingerprint density at radius 3 is 2.45 bits per heavy atom. The number of para-hydroxylation sites is 1. The summed E-state index contributed by atoms with van der Waals surface area (Å²) in [6.07, 6.45) is 0.969. The van der Waals surface area contributed by atoms with Crippen molar-refractivity contribution >= 4 is 34.8 Å². The van der Waals surface area contributed by atoms with Crippen LogP contribution in [0, 0.1) is 0 Å². The zero-order chi connectivity index (χ0) is 15.5. The molecule has 2 aromatic carbocycles. The molecule has 22 heavy (non-hydrogen) atoms. The van der Waals surface area contributed by atoms with Gasteiger partial charge < -0.3 is 5.32 Å². The highest BCUT2D eigenvalue weighted by molar-refractivity contribution is 6.39. The van der Waals surface area contributed by atoms with Crippen molar-refractivity contribution in [3.05, 3.63) is 63.6 Å². The van der Waals surface area contributed by atoms with E-state index in [0.717, 1.165) is 19.5 Å². The van der Waals surface area contributed by atoms with Gasteiger partial charge in [-0.05, 0) is 29.7 Å². The van der Waals surface area contributed by atoms with Crippen molar-refractivity contribution in [3.63, 3.8) is 0 Å². The molecule has 1 heterocycles. The number of nitrogens with one attached hydrogen (secondary N) is 1. The summed E-state index contributed by atoms with van der Waals surface area (Å²) in [6.45, 7) is 2.00. The Kier molecular flexibility index (Phi) is 4.67. The second-order valence-corrected chi connectivity index (χ2v) is 6.19. The van der Waals surface area contributed by atoms with Crippen LogP contribution in [0.15, 0.2) is 42.5 Å².